The first kappa shape index (κ1) is 34.9. The number of aliphatic hydroxyl groups excluding tert-OH is 3. The van der Waals surface area contributed by atoms with Gasteiger partial charge in [-0.05, 0) is 47.2 Å². The van der Waals surface area contributed by atoms with Crippen molar-refractivity contribution in [2.45, 2.75) is 59.9 Å². The third kappa shape index (κ3) is 68.0. The lowest BCUT2D eigenvalue weighted by molar-refractivity contribution is 0.138. The predicted molar refractivity (Wildman–Crippen MR) is 109 cm³/mol. The van der Waals surface area contributed by atoms with Crippen LogP contribution >= 0.6 is 0 Å². The van der Waals surface area contributed by atoms with Gasteiger partial charge in [0.05, 0.1) is 0 Å². The van der Waals surface area contributed by atoms with E-state index in [4.69, 9.17) is 28.6 Å². The number of rotatable bonds is 4. The van der Waals surface area contributed by atoms with E-state index in [2.05, 4.69) is 13.2 Å². The average Bonchev–Trinajstić information content (AvgIpc) is 2.41. The van der Waals surface area contributed by atoms with Crippen LogP contribution in [0.4, 0.5) is 0 Å². The van der Waals surface area contributed by atoms with Crippen LogP contribution in [0.5, 0.6) is 0 Å². The van der Waals surface area contributed by atoms with Gasteiger partial charge >= 0.3 is 8.80 Å². The lowest BCUT2D eigenvalue weighted by Crippen LogP contribution is -2.40. The molecule has 0 radical (unpaired) electrons. The Bertz CT molecular complexity index is 202. The van der Waals surface area contributed by atoms with Crippen LogP contribution in [0.1, 0.15) is 41.5 Å². The molecular formula is C16H42O6Si2. The molecule has 0 amide bonds. The molecule has 0 saturated carbocycles. The van der Waals surface area contributed by atoms with Crippen LogP contribution in [0, 0.1) is 0 Å². The minimum Gasteiger partial charge on any atom is -0.394 e. The monoisotopic (exact) mass is 386 g/mol. The first-order valence-corrected chi connectivity index (χ1v) is 10.7. The zero-order valence-electron chi connectivity index (χ0n) is 17.4. The number of hydrogen-bond donors (Lipinski definition) is 3. The minimum absolute atomic E-state index is 0.167. The summed E-state index contributed by atoms with van der Waals surface area (Å²) >= 11 is 0. The molecule has 0 unspecified atom stereocenters. The average molecular weight is 387 g/mol. The van der Waals surface area contributed by atoms with Gasteiger partial charge in [-0.3, -0.25) is 0 Å². The molecule has 0 aromatic heterocycles. The number of hydrogen-bond acceptors (Lipinski definition) is 6. The van der Waals surface area contributed by atoms with Crippen molar-refractivity contribution in [2.24, 2.45) is 0 Å². The molecule has 24 heavy (non-hydrogen) atoms. The molecule has 0 aliphatic rings. The second-order valence-corrected chi connectivity index (χ2v) is 8.77. The minimum atomic E-state index is -2.43. The first-order chi connectivity index (χ1) is 10.9. The third-order valence-electron chi connectivity index (χ3n) is 1.10. The van der Waals surface area contributed by atoms with Crippen molar-refractivity contribution in [3.8, 4) is 0 Å². The Kier molecular flexibility index (Phi) is 40.0. The van der Waals surface area contributed by atoms with E-state index in [1.807, 2.05) is 5.70 Å². The molecule has 0 spiro atoms. The largest absolute Gasteiger partial charge is 0.528 e. The van der Waals surface area contributed by atoms with Gasteiger partial charge < -0.3 is 28.6 Å². The van der Waals surface area contributed by atoms with Gasteiger partial charge in [-0.15, -0.1) is 12.3 Å². The van der Waals surface area contributed by atoms with E-state index in [-0.39, 0.29) is 18.3 Å². The summed E-state index contributed by atoms with van der Waals surface area (Å²) in [5.74, 6) is 0. The predicted octanol–water partition coefficient (Wildman–Crippen LogP) is 1.25. The van der Waals surface area contributed by atoms with Crippen molar-refractivity contribution < 1.29 is 28.6 Å². The van der Waals surface area contributed by atoms with E-state index in [0.717, 1.165) is 10.2 Å². The second-order valence-electron chi connectivity index (χ2n) is 5.11. The number of aliphatic hydroxyl groups is 3. The van der Waals surface area contributed by atoms with Crippen molar-refractivity contribution in [1.82, 2.24) is 0 Å². The Morgan fingerprint density at radius 3 is 0.875 bits per heavy atom. The molecule has 0 bridgehead atoms. The molecule has 0 aromatic carbocycles. The van der Waals surface area contributed by atoms with Crippen molar-refractivity contribution in [3.63, 3.8) is 0 Å². The quantitative estimate of drug-likeness (QED) is 0.630. The molecule has 6 nitrogen and oxygen atoms in total. The zero-order chi connectivity index (χ0) is 20.8. The Balaban J connectivity index is -0.0000000683. The Morgan fingerprint density at radius 1 is 0.750 bits per heavy atom. The van der Waals surface area contributed by atoms with Crippen molar-refractivity contribution in [1.29, 1.82) is 0 Å². The van der Waals surface area contributed by atoms with Crippen LogP contribution in [0.15, 0.2) is 24.6 Å². The van der Waals surface area contributed by atoms with Gasteiger partial charge in [0.25, 0.3) is 0 Å². The fourth-order valence-electron chi connectivity index (χ4n) is 0.500. The summed E-state index contributed by atoms with van der Waals surface area (Å²) < 4.78 is 14.9. The maximum absolute atomic E-state index is 8.06. The Hall–Kier alpha value is -0.326. The molecule has 0 aromatic rings. The van der Waals surface area contributed by atoms with Gasteiger partial charge in [0.2, 0.25) is 0 Å². The lowest BCUT2D eigenvalue weighted by Gasteiger charge is -2.19. The maximum Gasteiger partial charge on any atom is 0.528 e. The Morgan fingerprint density at radius 2 is 0.875 bits per heavy atom. The molecule has 0 heterocycles. The van der Waals surface area contributed by atoms with Gasteiger partial charge in [0.1, 0.15) is 0 Å². The highest BCUT2D eigenvalue weighted by molar-refractivity contribution is 6.66. The summed E-state index contributed by atoms with van der Waals surface area (Å²) in [6, 6.07) is 0. The highest BCUT2D eigenvalue weighted by atomic mass is 28.4. The van der Waals surface area contributed by atoms with Crippen LogP contribution in [0.25, 0.3) is 0 Å². The van der Waals surface area contributed by atoms with E-state index in [1.54, 1.807) is 68.6 Å². The summed E-state index contributed by atoms with van der Waals surface area (Å²) in [7, 11) is 3.33. The van der Waals surface area contributed by atoms with E-state index in [1.165, 1.54) is 0 Å². The van der Waals surface area contributed by atoms with Crippen LogP contribution in [0.2, 0.25) is 0 Å². The van der Waals surface area contributed by atoms with Crippen molar-refractivity contribution in [3.05, 3.63) is 24.6 Å². The molecule has 0 atom stereocenters. The molecule has 0 aliphatic heterocycles. The van der Waals surface area contributed by atoms with Crippen molar-refractivity contribution in [2.75, 3.05) is 21.3 Å². The van der Waals surface area contributed by atoms with Crippen LogP contribution in [0.3, 0.4) is 0 Å². The summed E-state index contributed by atoms with van der Waals surface area (Å²) in [6.07, 6.45) is -0.500. The summed E-state index contributed by atoms with van der Waals surface area (Å²) in [5, 5.41) is 24.2. The van der Waals surface area contributed by atoms with Gasteiger partial charge in [0.15, 0.2) is 0 Å². The van der Waals surface area contributed by atoms with E-state index < -0.39 is 8.80 Å². The van der Waals surface area contributed by atoms with E-state index in [9.17, 15) is 0 Å². The summed E-state index contributed by atoms with van der Waals surface area (Å²) in [5.41, 5.74) is 3.47. The molecule has 0 aliphatic carbocycles. The molecule has 8 heteroatoms. The fourth-order valence-corrected chi connectivity index (χ4v) is 1.50. The lowest BCUT2D eigenvalue weighted by atomic mass is 10.5. The van der Waals surface area contributed by atoms with Crippen LogP contribution in [-0.4, -0.2) is 74.0 Å². The smallest absolute Gasteiger partial charge is 0.394 e. The highest BCUT2D eigenvalue weighted by Crippen LogP contribution is 2.04. The van der Waals surface area contributed by atoms with E-state index in [0.29, 0.717) is 0 Å². The standard InChI is InChI=1S/C5H12O3Si.3C3H8O.C2H6Si/c1-5-9(6-2,7-3)8-4;3*1-3(2)4;1-2-3/h5H,1H2,2-4H3;3*3-4H,1-2H3;2H,1H2,3H3. The van der Waals surface area contributed by atoms with Gasteiger partial charge in [-0.2, -0.15) is 0 Å². The first-order valence-electron chi connectivity index (χ1n) is 7.76. The van der Waals surface area contributed by atoms with Gasteiger partial charge in [-0.1, -0.05) is 6.58 Å². The second kappa shape index (κ2) is 27.5. The molecule has 0 fully saturated rings. The van der Waals surface area contributed by atoms with Crippen LogP contribution in [-0.2, 0) is 13.3 Å². The molecule has 150 valence electrons. The maximum atomic E-state index is 8.06. The summed E-state index contributed by atoms with van der Waals surface area (Å²) in [6.45, 7) is 17.3. The molecule has 3 N–H and O–H groups in total. The Labute approximate surface area is 154 Å². The van der Waals surface area contributed by atoms with Crippen molar-refractivity contribution >= 4 is 19.0 Å². The fraction of sp³-hybridized carbons (Fsp3) is 0.750. The third-order valence-corrected chi connectivity index (χ3v) is 3.31. The molecule has 0 rings (SSSR count). The zero-order valence-corrected chi connectivity index (χ0v) is 20.4. The molecule has 0 saturated heterocycles. The molecular weight excluding hydrogens is 344 g/mol. The van der Waals surface area contributed by atoms with E-state index >= 15 is 0 Å². The van der Waals surface area contributed by atoms with Crippen LogP contribution < -0.4 is 0 Å². The van der Waals surface area contributed by atoms with Gasteiger partial charge in [-0.25, -0.2) is 0 Å². The topological polar surface area (TPSA) is 88.4 Å². The SMILES string of the molecule is C=C[SiH3].C=C[Si](OC)(OC)OC.CC(C)O.CC(C)O.CC(C)O. The normalized spacial score (nSPS) is 9.46. The summed E-state index contributed by atoms with van der Waals surface area (Å²) in [4.78, 5) is 0. The highest BCUT2D eigenvalue weighted by Gasteiger charge is 2.33. The van der Waals surface area contributed by atoms with Gasteiger partial charge in [0, 0.05) is 49.9 Å².